The van der Waals surface area contributed by atoms with Crippen LogP contribution in [0.15, 0.2) is 18.2 Å². The van der Waals surface area contributed by atoms with Gasteiger partial charge in [-0.1, -0.05) is 23.7 Å². The lowest BCUT2D eigenvalue weighted by atomic mass is 9.90. The number of nitrogens with one attached hydrogen (secondary N) is 1. The molecule has 0 radical (unpaired) electrons. The Labute approximate surface area is 145 Å². The molecular weight excluding hydrogens is 326 g/mol. The van der Waals surface area contributed by atoms with Crippen LogP contribution in [0.4, 0.5) is 11.5 Å². The fraction of sp³-hybridized carbons (Fsp3) is 0.412. The van der Waals surface area contributed by atoms with E-state index < -0.39 is 0 Å². The lowest BCUT2D eigenvalue weighted by Gasteiger charge is -2.26. The first-order chi connectivity index (χ1) is 11.6. The zero-order valence-corrected chi connectivity index (χ0v) is 14.0. The van der Waals surface area contributed by atoms with Crippen LogP contribution in [0.2, 0.25) is 5.02 Å². The van der Waals surface area contributed by atoms with E-state index in [0.29, 0.717) is 30.2 Å². The fourth-order valence-electron chi connectivity index (χ4n) is 3.71. The SMILES string of the molecule is Nc1c2c(nn1C(=O)C1CCNc3c(Cl)cccc31)CC(N)CC2. The molecule has 4 rings (SSSR count). The number of aromatic nitrogens is 2. The molecule has 2 aromatic rings. The van der Waals surface area contributed by atoms with Crippen molar-refractivity contribution in [3.63, 3.8) is 0 Å². The average Bonchev–Trinajstić information content (AvgIpc) is 2.90. The minimum Gasteiger partial charge on any atom is -0.384 e. The van der Waals surface area contributed by atoms with Crippen LogP contribution in [0, 0.1) is 0 Å². The summed E-state index contributed by atoms with van der Waals surface area (Å²) in [6.07, 6.45) is 3.03. The van der Waals surface area contributed by atoms with Crippen LogP contribution in [0.25, 0.3) is 0 Å². The number of carbonyl (C=O) groups is 1. The number of hydrogen-bond donors (Lipinski definition) is 3. The Bertz CT molecular complexity index is 816. The number of anilines is 2. The quantitative estimate of drug-likeness (QED) is 0.735. The molecule has 0 spiro atoms. The van der Waals surface area contributed by atoms with E-state index in [0.717, 1.165) is 35.3 Å². The minimum absolute atomic E-state index is 0.0914. The molecule has 6 nitrogen and oxygen atoms in total. The fourth-order valence-corrected chi connectivity index (χ4v) is 3.96. The first kappa shape index (κ1) is 15.5. The zero-order valence-electron chi connectivity index (χ0n) is 13.3. The summed E-state index contributed by atoms with van der Waals surface area (Å²) in [7, 11) is 0. The Morgan fingerprint density at radius 3 is 3.04 bits per heavy atom. The monoisotopic (exact) mass is 345 g/mol. The lowest BCUT2D eigenvalue weighted by molar-refractivity contribution is 0.0859. The molecule has 2 atom stereocenters. The molecule has 0 bridgehead atoms. The Morgan fingerprint density at radius 2 is 2.21 bits per heavy atom. The number of halogens is 1. The lowest BCUT2D eigenvalue weighted by Crippen LogP contribution is -2.28. The average molecular weight is 346 g/mol. The van der Waals surface area contributed by atoms with E-state index in [-0.39, 0.29) is 17.9 Å². The standard InChI is InChI=1S/C17H20ClN5O/c18-13-3-1-2-10-11(6-7-21-15(10)13)17(24)23-16(20)12-5-4-9(19)8-14(12)22-23/h1-3,9,11,21H,4-8,19-20H2. The Balaban J connectivity index is 1.73. The third-order valence-electron chi connectivity index (χ3n) is 4.99. The first-order valence-corrected chi connectivity index (χ1v) is 8.62. The van der Waals surface area contributed by atoms with E-state index >= 15 is 0 Å². The van der Waals surface area contributed by atoms with Crippen molar-refractivity contribution in [3.8, 4) is 0 Å². The summed E-state index contributed by atoms with van der Waals surface area (Å²) in [5.41, 5.74) is 15.8. The second-order valence-corrected chi connectivity index (χ2v) is 6.94. The van der Waals surface area contributed by atoms with E-state index in [1.54, 1.807) is 0 Å². The summed E-state index contributed by atoms with van der Waals surface area (Å²) in [6, 6.07) is 5.72. The van der Waals surface area contributed by atoms with Crippen molar-refractivity contribution < 1.29 is 4.79 Å². The van der Waals surface area contributed by atoms with Gasteiger partial charge in [0.1, 0.15) is 5.82 Å². The summed E-state index contributed by atoms with van der Waals surface area (Å²) < 4.78 is 1.38. The van der Waals surface area contributed by atoms with Gasteiger partial charge < -0.3 is 16.8 Å². The molecule has 126 valence electrons. The number of hydrogen-bond acceptors (Lipinski definition) is 5. The molecule has 7 heteroatoms. The molecule has 0 fully saturated rings. The summed E-state index contributed by atoms with van der Waals surface area (Å²) in [6.45, 7) is 0.693. The van der Waals surface area contributed by atoms with Gasteiger partial charge in [-0.05, 0) is 30.9 Å². The maximum absolute atomic E-state index is 13.1. The zero-order chi connectivity index (χ0) is 16.8. The van der Waals surface area contributed by atoms with Crippen molar-refractivity contribution in [2.45, 2.75) is 37.6 Å². The van der Waals surface area contributed by atoms with Crippen LogP contribution >= 0.6 is 11.6 Å². The highest BCUT2D eigenvalue weighted by Gasteiger charge is 2.32. The number of nitrogens with two attached hydrogens (primary N) is 2. The summed E-state index contributed by atoms with van der Waals surface area (Å²) in [5.74, 6) is 0.0711. The van der Waals surface area contributed by atoms with Gasteiger partial charge in [0, 0.05) is 24.6 Å². The predicted octanol–water partition coefficient (Wildman–Crippen LogP) is 2.17. The van der Waals surface area contributed by atoms with Gasteiger partial charge in [-0.2, -0.15) is 9.78 Å². The van der Waals surface area contributed by atoms with Crippen LogP contribution in [-0.2, 0) is 12.8 Å². The molecule has 2 heterocycles. The van der Waals surface area contributed by atoms with Crippen molar-refractivity contribution in [2.24, 2.45) is 5.73 Å². The van der Waals surface area contributed by atoms with Gasteiger partial charge in [-0.25, -0.2) is 0 Å². The molecule has 2 aliphatic rings. The molecule has 1 aromatic heterocycles. The Morgan fingerprint density at radius 1 is 1.38 bits per heavy atom. The molecule has 5 N–H and O–H groups in total. The van der Waals surface area contributed by atoms with Gasteiger partial charge in [0.2, 0.25) is 0 Å². The van der Waals surface area contributed by atoms with Crippen LogP contribution in [0.1, 0.15) is 40.4 Å². The van der Waals surface area contributed by atoms with Gasteiger partial charge in [0.05, 0.1) is 22.3 Å². The van der Waals surface area contributed by atoms with Crippen molar-refractivity contribution in [1.82, 2.24) is 9.78 Å². The van der Waals surface area contributed by atoms with Crippen molar-refractivity contribution in [3.05, 3.63) is 40.0 Å². The third kappa shape index (κ3) is 2.37. The number of rotatable bonds is 1. The highest BCUT2D eigenvalue weighted by Crippen LogP contribution is 2.38. The number of carbonyl (C=O) groups excluding carboxylic acids is 1. The molecule has 0 saturated heterocycles. The van der Waals surface area contributed by atoms with Crippen LogP contribution in [-0.4, -0.2) is 28.3 Å². The highest BCUT2D eigenvalue weighted by molar-refractivity contribution is 6.33. The van der Waals surface area contributed by atoms with Gasteiger partial charge in [0.25, 0.3) is 5.91 Å². The molecule has 1 aliphatic carbocycles. The number of benzene rings is 1. The normalized spacial score (nSPS) is 22.4. The van der Waals surface area contributed by atoms with E-state index in [1.807, 2.05) is 18.2 Å². The summed E-state index contributed by atoms with van der Waals surface area (Å²) in [5, 5.41) is 8.38. The van der Waals surface area contributed by atoms with Gasteiger partial charge in [-0.15, -0.1) is 0 Å². The molecule has 24 heavy (non-hydrogen) atoms. The largest absolute Gasteiger partial charge is 0.384 e. The Kier molecular flexibility index (Phi) is 3.73. The second-order valence-electron chi connectivity index (χ2n) is 6.54. The maximum Gasteiger partial charge on any atom is 0.256 e. The van der Waals surface area contributed by atoms with E-state index in [9.17, 15) is 4.79 Å². The second kappa shape index (κ2) is 5.79. The summed E-state index contributed by atoms with van der Waals surface area (Å²) in [4.78, 5) is 13.1. The van der Waals surface area contributed by atoms with Crippen molar-refractivity contribution >= 4 is 29.0 Å². The molecular formula is C17H20ClN5O. The van der Waals surface area contributed by atoms with E-state index in [4.69, 9.17) is 23.1 Å². The highest BCUT2D eigenvalue weighted by atomic mass is 35.5. The van der Waals surface area contributed by atoms with Gasteiger partial charge in [-0.3, -0.25) is 4.79 Å². The molecule has 2 unspecified atom stereocenters. The third-order valence-corrected chi connectivity index (χ3v) is 5.30. The van der Waals surface area contributed by atoms with Crippen molar-refractivity contribution in [2.75, 3.05) is 17.6 Å². The van der Waals surface area contributed by atoms with Crippen LogP contribution < -0.4 is 16.8 Å². The first-order valence-electron chi connectivity index (χ1n) is 8.24. The van der Waals surface area contributed by atoms with Crippen LogP contribution in [0.3, 0.4) is 0 Å². The molecule has 1 aliphatic heterocycles. The number of fused-ring (bicyclic) bond motifs is 2. The number of para-hydroxylation sites is 1. The topological polar surface area (TPSA) is 99.0 Å². The van der Waals surface area contributed by atoms with E-state index in [2.05, 4.69) is 10.4 Å². The van der Waals surface area contributed by atoms with Gasteiger partial charge >= 0.3 is 0 Å². The molecule has 0 saturated carbocycles. The molecule has 0 amide bonds. The number of nitrogen functional groups attached to an aromatic ring is 1. The molecule has 1 aromatic carbocycles. The van der Waals surface area contributed by atoms with Crippen LogP contribution in [0.5, 0.6) is 0 Å². The number of nitrogens with zero attached hydrogens (tertiary/aromatic N) is 2. The van der Waals surface area contributed by atoms with E-state index in [1.165, 1.54) is 4.68 Å². The Hall–Kier alpha value is -2.05. The smallest absolute Gasteiger partial charge is 0.256 e. The van der Waals surface area contributed by atoms with Gasteiger partial charge in [0.15, 0.2) is 0 Å². The predicted molar refractivity (Wildman–Crippen MR) is 94.6 cm³/mol. The van der Waals surface area contributed by atoms with Crippen molar-refractivity contribution in [1.29, 1.82) is 0 Å². The maximum atomic E-state index is 13.1. The minimum atomic E-state index is -0.294. The summed E-state index contributed by atoms with van der Waals surface area (Å²) >= 11 is 6.25.